The number of piperidine rings is 1. The Morgan fingerprint density at radius 1 is 1.20 bits per heavy atom. The van der Waals surface area contributed by atoms with Crippen molar-refractivity contribution in [2.45, 2.75) is 25.7 Å². The second-order valence-electron chi connectivity index (χ2n) is 6.56. The number of aromatic nitrogens is 3. The third kappa shape index (κ3) is 2.95. The maximum absolute atomic E-state index is 11.5. The lowest BCUT2D eigenvalue weighted by atomic mass is 9.93. The van der Waals surface area contributed by atoms with Crippen LogP contribution in [-0.4, -0.2) is 44.2 Å². The van der Waals surface area contributed by atoms with E-state index in [4.69, 9.17) is 0 Å². The highest BCUT2D eigenvalue weighted by Gasteiger charge is 2.23. The number of carbonyl (C=O) groups is 1. The number of nitrogens with one attached hydrogen (secondary N) is 1. The summed E-state index contributed by atoms with van der Waals surface area (Å²) >= 11 is 0. The van der Waals surface area contributed by atoms with Gasteiger partial charge >= 0.3 is 0 Å². The molecule has 128 valence electrons. The minimum absolute atomic E-state index is 0.147. The fraction of sp³-hybridized carbons (Fsp3) is 0.316. The van der Waals surface area contributed by atoms with Gasteiger partial charge in [0.2, 0.25) is 5.91 Å². The molecule has 1 aliphatic heterocycles. The molecular weight excluding hydrogens is 316 g/mol. The van der Waals surface area contributed by atoms with Crippen LogP contribution in [0.5, 0.6) is 5.75 Å². The third-order valence-corrected chi connectivity index (χ3v) is 4.96. The van der Waals surface area contributed by atoms with E-state index in [0.717, 1.165) is 42.7 Å². The van der Waals surface area contributed by atoms with Gasteiger partial charge in [0.1, 0.15) is 5.75 Å². The van der Waals surface area contributed by atoms with Crippen molar-refractivity contribution in [3.8, 4) is 17.0 Å². The number of likely N-dealkylation sites (tertiary alicyclic amines) is 1. The van der Waals surface area contributed by atoms with Crippen LogP contribution >= 0.6 is 0 Å². The zero-order chi connectivity index (χ0) is 17.4. The average molecular weight is 336 g/mol. The summed E-state index contributed by atoms with van der Waals surface area (Å²) < 4.78 is 0. The van der Waals surface area contributed by atoms with Gasteiger partial charge in [-0.1, -0.05) is 12.1 Å². The first-order valence-electron chi connectivity index (χ1n) is 8.52. The first-order chi connectivity index (χ1) is 12.1. The van der Waals surface area contributed by atoms with Crippen molar-refractivity contribution in [2.75, 3.05) is 13.1 Å². The number of fused-ring (bicyclic) bond motifs is 1. The standard InChI is InChI=1S/C19H20N4O2/c1-12(24)23-8-6-13(7-9-23)16-10-14-11-17(21-22-19(14)20-16)15-4-2-3-5-18(15)25/h2-5,10-11,13,25H,6-9H2,1H3,(H,20,22). The molecule has 6 nitrogen and oxygen atoms in total. The first kappa shape index (κ1) is 15.6. The number of aromatic hydroxyl groups is 1. The summed E-state index contributed by atoms with van der Waals surface area (Å²) in [6.45, 7) is 3.22. The van der Waals surface area contributed by atoms with Gasteiger partial charge in [-0.3, -0.25) is 4.79 Å². The Morgan fingerprint density at radius 3 is 2.68 bits per heavy atom. The summed E-state index contributed by atoms with van der Waals surface area (Å²) in [7, 11) is 0. The lowest BCUT2D eigenvalue weighted by Crippen LogP contribution is -2.36. The monoisotopic (exact) mass is 336 g/mol. The molecule has 2 aromatic heterocycles. The molecule has 3 heterocycles. The quantitative estimate of drug-likeness (QED) is 0.753. The maximum Gasteiger partial charge on any atom is 0.219 e. The summed E-state index contributed by atoms with van der Waals surface area (Å²) in [6, 6.07) is 11.2. The van der Waals surface area contributed by atoms with E-state index < -0.39 is 0 Å². The van der Waals surface area contributed by atoms with Crippen molar-refractivity contribution in [3.63, 3.8) is 0 Å². The van der Waals surface area contributed by atoms with Crippen LogP contribution in [0.1, 0.15) is 31.4 Å². The smallest absolute Gasteiger partial charge is 0.219 e. The van der Waals surface area contributed by atoms with Crippen LogP contribution in [0.3, 0.4) is 0 Å². The Bertz CT molecular complexity index is 926. The fourth-order valence-corrected chi connectivity index (χ4v) is 3.50. The Kier molecular flexibility index (Phi) is 3.87. The minimum Gasteiger partial charge on any atom is -0.507 e. The molecule has 0 bridgehead atoms. The van der Waals surface area contributed by atoms with Crippen LogP contribution in [0.2, 0.25) is 0 Å². The molecule has 0 unspecified atom stereocenters. The normalized spacial score (nSPS) is 15.6. The number of rotatable bonds is 2. The lowest BCUT2D eigenvalue weighted by Gasteiger charge is -2.30. The van der Waals surface area contributed by atoms with Crippen molar-refractivity contribution < 1.29 is 9.90 Å². The van der Waals surface area contributed by atoms with Crippen LogP contribution < -0.4 is 0 Å². The summed E-state index contributed by atoms with van der Waals surface area (Å²) in [6.07, 6.45) is 1.90. The number of amides is 1. The Morgan fingerprint density at radius 2 is 1.96 bits per heavy atom. The molecule has 0 aliphatic carbocycles. The van der Waals surface area contributed by atoms with E-state index in [1.165, 1.54) is 0 Å². The van der Waals surface area contributed by atoms with Crippen LogP contribution in [-0.2, 0) is 4.79 Å². The zero-order valence-electron chi connectivity index (χ0n) is 14.1. The summed E-state index contributed by atoms with van der Waals surface area (Å²) in [4.78, 5) is 16.7. The highest BCUT2D eigenvalue weighted by atomic mass is 16.3. The van der Waals surface area contributed by atoms with E-state index in [1.54, 1.807) is 19.1 Å². The number of phenolic OH excluding ortho intramolecular Hbond substituents is 1. The molecule has 0 atom stereocenters. The predicted molar refractivity (Wildman–Crippen MR) is 95.2 cm³/mol. The summed E-state index contributed by atoms with van der Waals surface area (Å²) in [5.41, 5.74) is 3.22. The van der Waals surface area contributed by atoms with Gasteiger partial charge in [0.25, 0.3) is 0 Å². The third-order valence-electron chi connectivity index (χ3n) is 4.96. The van der Waals surface area contributed by atoms with Gasteiger partial charge in [-0.2, -0.15) is 0 Å². The molecule has 1 aromatic carbocycles. The number of aromatic amines is 1. The van der Waals surface area contributed by atoms with Crippen LogP contribution in [0, 0.1) is 0 Å². The predicted octanol–water partition coefficient (Wildman–Crippen LogP) is 3.06. The topological polar surface area (TPSA) is 82.1 Å². The van der Waals surface area contributed by atoms with E-state index in [-0.39, 0.29) is 11.7 Å². The van der Waals surface area contributed by atoms with Gasteiger partial charge in [0.05, 0.1) is 5.69 Å². The highest BCUT2D eigenvalue weighted by molar-refractivity contribution is 5.81. The molecule has 0 radical (unpaired) electrons. The number of phenols is 1. The summed E-state index contributed by atoms with van der Waals surface area (Å²) in [5, 5.41) is 19.5. The Hall–Kier alpha value is -2.89. The number of para-hydroxylation sites is 1. The molecular formula is C19H20N4O2. The second-order valence-corrected chi connectivity index (χ2v) is 6.56. The van der Waals surface area contributed by atoms with Gasteiger partial charge in [-0.15, -0.1) is 10.2 Å². The number of benzene rings is 1. The zero-order valence-corrected chi connectivity index (χ0v) is 14.1. The number of nitrogens with zero attached hydrogens (tertiary/aromatic N) is 3. The second kappa shape index (κ2) is 6.20. The van der Waals surface area contributed by atoms with Gasteiger partial charge in [0.15, 0.2) is 5.65 Å². The van der Waals surface area contributed by atoms with Crippen molar-refractivity contribution in [3.05, 3.63) is 42.1 Å². The van der Waals surface area contributed by atoms with Gasteiger partial charge < -0.3 is 15.0 Å². The Labute approximate surface area is 145 Å². The Balaban J connectivity index is 1.61. The van der Waals surface area contributed by atoms with E-state index in [0.29, 0.717) is 17.2 Å². The van der Waals surface area contributed by atoms with E-state index in [1.807, 2.05) is 23.1 Å². The molecule has 1 fully saturated rings. The van der Waals surface area contributed by atoms with E-state index >= 15 is 0 Å². The fourth-order valence-electron chi connectivity index (χ4n) is 3.50. The molecule has 3 aromatic rings. The maximum atomic E-state index is 11.5. The molecule has 1 amide bonds. The van der Waals surface area contributed by atoms with Crippen molar-refractivity contribution in [2.24, 2.45) is 0 Å². The molecule has 25 heavy (non-hydrogen) atoms. The lowest BCUT2D eigenvalue weighted by molar-refractivity contribution is -0.129. The summed E-state index contributed by atoms with van der Waals surface area (Å²) in [5.74, 6) is 0.746. The van der Waals surface area contributed by atoms with Crippen LogP contribution in [0.15, 0.2) is 36.4 Å². The van der Waals surface area contributed by atoms with Crippen molar-refractivity contribution in [1.82, 2.24) is 20.1 Å². The minimum atomic E-state index is 0.147. The number of carbonyl (C=O) groups excluding carboxylic acids is 1. The van der Waals surface area contributed by atoms with E-state index in [2.05, 4.69) is 21.2 Å². The van der Waals surface area contributed by atoms with Gasteiger partial charge in [-0.05, 0) is 37.1 Å². The van der Waals surface area contributed by atoms with Crippen LogP contribution in [0.4, 0.5) is 0 Å². The first-order valence-corrected chi connectivity index (χ1v) is 8.52. The van der Waals surface area contributed by atoms with Crippen LogP contribution in [0.25, 0.3) is 22.3 Å². The largest absolute Gasteiger partial charge is 0.507 e. The number of hydrogen-bond donors (Lipinski definition) is 2. The molecule has 6 heteroatoms. The van der Waals surface area contributed by atoms with Crippen molar-refractivity contribution >= 4 is 16.9 Å². The highest BCUT2D eigenvalue weighted by Crippen LogP contribution is 2.32. The average Bonchev–Trinajstić information content (AvgIpc) is 3.05. The SMILES string of the molecule is CC(=O)N1CCC(c2cc3cc(-c4ccccc4O)nnc3[nH]2)CC1. The number of H-pyrrole nitrogens is 1. The molecule has 2 N–H and O–H groups in total. The number of hydrogen-bond acceptors (Lipinski definition) is 4. The van der Waals surface area contributed by atoms with Gasteiger partial charge in [-0.25, -0.2) is 0 Å². The molecule has 4 rings (SSSR count). The molecule has 0 saturated carbocycles. The van der Waals surface area contributed by atoms with Gasteiger partial charge in [0, 0.05) is 42.6 Å². The molecule has 0 spiro atoms. The molecule has 1 saturated heterocycles. The van der Waals surface area contributed by atoms with Crippen molar-refractivity contribution in [1.29, 1.82) is 0 Å². The van der Waals surface area contributed by atoms with E-state index in [9.17, 15) is 9.90 Å². The molecule has 1 aliphatic rings.